The lowest BCUT2D eigenvalue weighted by Crippen LogP contribution is -1.94. The SMILES string of the molecule is CCC(C)c1ccc(Nc2ccccc2C)cc1. The minimum Gasteiger partial charge on any atom is -0.355 e. The Morgan fingerprint density at radius 3 is 2.28 bits per heavy atom. The number of benzene rings is 2. The van der Waals surface area contributed by atoms with Crippen molar-refractivity contribution in [1.82, 2.24) is 0 Å². The number of hydrogen-bond donors (Lipinski definition) is 1. The standard InChI is InChI=1S/C17H21N/c1-4-13(2)15-9-11-16(12-10-15)18-17-8-6-5-7-14(17)3/h5-13,18H,4H2,1-3H3. The van der Waals surface area contributed by atoms with Gasteiger partial charge in [-0.15, -0.1) is 0 Å². The number of para-hydroxylation sites is 1. The van der Waals surface area contributed by atoms with Crippen molar-refractivity contribution >= 4 is 11.4 Å². The van der Waals surface area contributed by atoms with Crippen molar-refractivity contribution in [1.29, 1.82) is 0 Å². The van der Waals surface area contributed by atoms with E-state index in [0.29, 0.717) is 5.92 Å². The van der Waals surface area contributed by atoms with Gasteiger partial charge in [0.2, 0.25) is 0 Å². The Labute approximate surface area is 110 Å². The van der Waals surface area contributed by atoms with Gasteiger partial charge in [-0.1, -0.05) is 44.2 Å². The van der Waals surface area contributed by atoms with E-state index < -0.39 is 0 Å². The highest BCUT2D eigenvalue weighted by Gasteiger charge is 2.03. The normalized spacial score (nSPS) is 12.2. The molecule has 0 bridgehead atoms. The van der Waals surface area contributed by atoms with Gasteiger partial charge in [0, 0.05) is 11.4 Å². The highest BCUT2D eigenvalue weighted by molar-refractivity contribution is 5.63. The summed E-state index contributed by atoms with van der Waals surface area (Å²) in [5, 5.41) is 3.46. The van der Waals surface area contributed by atoms with Gasteiger partial charge in [-0.05, 0) is 48.6 Å². The van der Waals surface area contributed by atoms with E-state index in [-0.39, 0.29) is 0 Å². The summed E-state index contributed by atoms with van der Waals surface area (Å²) in [6.45, 7) is 6.61. The van der Waals surface area contributed by atoms with Crippen LogP contribution in [0.5, 0.6) is 0 Å². The molecule has 18 heavy (non-hydrogen) atoms. The van der Waals surface area contributed by atoms with E-state index >= 15 is 0 Å². The van der Waals surface area contributed by atoms with Crippen LogP contribution >= 0.6 is 0 Å². The molecule has 0 saturated heterocycles. The summed E-state index contributed by atoms with van der Waals surface area (Å²) in [4.78, 5) is 0. The van der Waals surface area contributed by atoms with E-state index in [1.54, 1.807) is 0 Å². The van der Waals surface area contributed by atoms with Gasteiger partial charge in [0.05, 0.1) is 0 Å². The van der Waals surface area contributed by atoms with Gasteiger partial charge in [-0.2, -0.15) is 0 Å². The molecule has 0 heterocycles. The third-order valence-electron chi connectivity index (χ3n) is 3.52. The molecular weight excluding hydrogens is 218 g/mol. The number of anilines is 2. The number of nitrogens with one attached hydrogen (secondary N) is 1. The smallest absolute Gasteiger partial charge is 0.0413 e. The summed E-state index contributed by atoms with van der Waals surface area (Å²) in [6, 6.07) is 17.1. The van der Waals surface area contributed by atoms with Crippen LogP contribution < -0.4 is 5.32 Å². The molecule has 2 aromatic carbocycles. The highest BCUT2D eigenvalue weighted by Crippen LogP contribution is 2.23. The molecule has 0 radical (unpaired) electrons. The molecule has 0 aliphatic carbocycles. The van der Waals surface area contributed by atoms with Gasteiger partial charge in [0.15, 0.2) is 0 Å². The highest BCUT2D eigenvalue weighted by atomic mass is 14.9. The Balaban J connectivity index is 2.14. The van der Waals surface area contributed by atoms with E-state index in [1.165, 1.54) is 23.2 Å². The Morgan fingerprint density at radius 2 is 1.67 bits per heavy atom. The molecule has 0 fully saturated rings. The van der Waals surface area contributed by atoms with Gasteiger partial charge >= 0.3 is 0 Å². The molecule has 1 nitrogen and oxygen atoms in total. The monoisotopic (exact) mass is 239 g/mol. The zero-order valence-corrected chi connectivity index (χ0v) is 11.4. The molecule has 94 valence electrons. The summed E-state index contributed by atoms with van der Waals surface area (Å²) in [6.07, 6.45) is 1.19. The third kappa shape index (κ3) is 2.92. The van der Waals surface area contributed by atoms with Crippen LogP contribution in [0.4, 0.5) is 11.4 Å². The average Bonchev–Trinajstić information content (AvgIpc) is 2.41. The first-order valence-corrected chi connectivity index (χ1v) is 6.63. The lowest BCUT2D eigenvalue weighted by molar-refractivity contribution is 0.734. The molecular formula is C17H21N. The molecule has 1 atom stereocenters. The van der Waals surface area contributed by atoms with E-state index in [2.05, 4.69) is 74.6 Å². The molecule has 0 saturated carbocycles. The second-order valence-electron chi connectivity index (χ2n) is 4.87. The molecule has 2 aromatic rings. The van der Waals surface area contributed by atoms with Crippen molar-refractivity contribution in [3.63, 3.8) is 0 Å². The minimum absolute atomic E-state index is 0.637. The Kier molecular flexibility index (Phi) is 4.03. The predicted octanol–water partition coefficient (Wildman–Crippen LogP) is 5.25. The molecule has 1 heteroatoms. The molecule has 0 aromatic heterocycles. The van der Waals surface area contributed by atoms with Crippen molar-refractivity contribution in [3.8, 4) is 0 Å². The summed E-state index contributed by atoms with van der Waals surface area (Å²) in [5.41, 5.74) is 5.00. The number of aryl methyl sites for hydroxylation is 1. The molecule has 0 amide bonds. The van der Waals surface area contributed by atoms with Crippen LogP contribution in [0.25, 0.3) is 0 Å². The largest absolute Gasteiger partial charge is 0.355 e. The molecule has 2 rings (SSSR count). The first-order valence-electron chi connectivity index (χ1n) is 6.63. The van der Waals surface area contributed by atoms with Crippen molar-refractivity contribution in [3.05, 3.63) is 59.7 Å². The van der Waals surface area contributed by atoms with Crippen LogP contribution in [0.3, 0.4) is 0 Å². The second-order valence-corrected chi connectivity index (χ2v) is 4.87. The second kappa shape index (κ2) is 5.72. The zero-order chi connectivity index (χ0) is 13.0. The topological polar surface area (TPSA) is 12.0 Å². The van der Waals surface area contributed by atoms with E-state index in [4.69, 9.17) is 0 Å². The molecule has 0 spiro atoms. The Morgan fingerprint density at radius 1 is 1.00 bits per heavy atom. The summed E-state index contributed by atoms with van der Waals surface area (Å²) >= 11 is 0. The van der Waals surface area contributed by atoms with Crippen LogP contribution in [0, 0.1) is 6.92 Å². The Hall–Kier alpha value is -1.76. The fraction of sp³-hybridized carbons (Fsp3) is 0.294. The quantitative estimate of drug-likeness (QED) is 0.768. The predicted molar refractivity (Wildman–Crippen MR) is 79.6 cm³/mol. The van der Waals surface area contributed by atoms with Crippen molar-refractivity contribution in [2.75, 3.05) is 5.32 Å². The van der Waals surface area contributed by atoms with E-state index in [9.17, 15) is 0 Å². The fourth-order valence-electron chi connectivity index (χ4n) is 2.00. The van der Waals surface area contributed by atoms with E-state index in [0.717, 1.165) is 5.69 Å². The van der Waals surface area contributed by atoms with Crippen LogP contribution in [0.15, 0.2) is 48.5 Å². The lowest BCUT2D eigenvalue weighted by atomic mass is 9.98. The molecule has 1 unspecified atom stereocenters. The minimum atomic E-state index is 0.637. The number of hydrogen-bond acceptors (Lipinski definition) is 1. The van der Waals surface area contributed by atoms with Crippen LogP contribution in [0.2, 0.25) is 0 Å². The number of rotatable bonds is 4. The summed E-state index contributed by atoms with van der Waals surface area (Å²) in [5.74, 6) is 0.637. The first kappa shape index (κ1) is 12.7. The first-order chi connectivity index (χ1) is 8.70. The maximum absolute atomic E-state index is 3.46. The van der Waals surface area contributed by atoms with Gasteiger partial charge in [-0.25, -0.2) is 0 Å². The van der Waals surface area contributed by atoms with Crippen LogP contribution in [-0.2, 0) is 0 Å². The van der Waals surface area contributed by atoms with Crippen LogP contribution in [0.1, 0.15) is 37.3 Å². The van der Waals surface area contributed by atoms with Crippen molar-refractivity contribution < 1.29 is 0 Å². The summed E-state index contributed by atoms with van der Waals surface area (Å²) in [7, 11) is 0. The van der Waals surface area contributed by atoms with Gasteiger partial charge in [0.25, 0.3) is 0 Å². The van der Waals surface area contributed by atoms with Gasteiger partial charge in [0.1, 0.15) is 0 Å². The molecule has 0 aliphatic heterocycles. The molecule has 0 aliphatic rings. The lowest BCUT2D eigenvalue weighted by Gasteiger charge is -2.12. The molecule has 1 N–H and O–H groups in total. The maximum Gasteiger partial charge on any atom is 0.0413 e. The van der Waals surface area contributed by atoms with Gasteiger partial charge in [-0.3, -0.25) is 0 Å². The Bertz CT molecular complexity index is 499. The zero-order valence-electron chi connectivity index (χ0n) is 11.4. The fourth-order valence-corrected chi connectivity index (χ4v) is 2.00. The van der Waals surface area contributed by atoms with E-state index in [1.807, 2.05) is 0 Å². The average molecular weight is 239 g/mol. The van der Waals surface area contributed by atoms with Crippen molar-refractivity contribution in [2.45, 2.75) is 33.1 Å². The van der Waals surface area contributed by atoms with Crippen LogP contribution in [-0.4, -0.2) is 0 Å². The van der Waals surface area contributed by atoms with Gasteiger partial charge < -0.3 is 5.32 Å². The third-order valence-corrected chi connectivity index (χ3v) is 3.52. The summed E-state index contributed by atoms with van der Waals surface area (Å²) < 4.78 is 0. The van der Waals surface area contributed by atoms with Crippen molar-refractivity contribution in [2.24, 2.45) is 0 Å². The maximum atomic E-state index is 3.46.